The molecule has 0 fully saturated rings. The number of carbonyl (C=O) groups is 1. The summed E-state index contributed by atoms with van der Waals surface area (Å²) in [6.45, 7) is 0. The van der Waals surface area contributed by atoms with Gasteiger partial charge in [0.05, 0.1) is 10.5 Å². The van der Waals surface area contributed by atoms with E-state index < -0.39 is 17.0 Å². The van der Waals surface area contributed by atoms with E-state index in [0.29, 0.717) is 4.90 Å². The van der Waals surface area contributed by atoms with E-state index in [0.717, 1.165) is 0 Å². The van der Waals surface area contributed by atoms with Gasteiger partial charge in [-0.15, -0.1) is 0 Å². The standard InChI is InChI=1S/C7H7NO3S/c8-12(11)6-3-1-5(2-4-6)7(9)10/h1-4H,8H2,(H,9,10). The van der Waals surface area contributed by atoms with Gasteiger partial charge in [-0.25, -0.2) is 14.1 Å². The Morgan fingerprint density at radius 1 is 1.33 bits per heavy atom. The highest BCUT2D eigenvalue weighted by atomic mass is 32.2. The molecule has 4 nitrogen and oxygen atoms in total. The van der Waals surface area contributed by atoms with Gasteiger partial charge in [0.1, 0.15) is 11.0 Å². The first kappa shape index (κ1) is 8.89. The lowest BCUT2D eigenvalue weighted by molar-refractivity contribution is 0.0697. The zero-order valence-corrected chi connectivity index (χ0v) is 6.88. The van der Waals surface area contributed by atoms with Gasteiger partial charge in [-0.3, -0.25) is 0 Å². The van der Waals surface area contributed by atoms with E-state index in [9.17, 15) is 9.00 Å². The predicted octanol–water partition coefficient (Wildman–Crippen LogP) is 0.366. The number of benzene rings is 1. The Morgan fingerprint density at radius 3 is 2.17 bits per heavy atom. The molecule has 1 rings (SSSR count). The fourth-order valence-electron chi connectivity index (χ4n) is 0.732. The molecule has 0 saturated heterocycles. The first-order valence-corrected chi connectivity index (χ1v) is 4.32. The van der Waals surface area contributed by atoms with Crippen molar-refractivity contribution < 1.29 is 14.1 Å². The van der Waals surface area contributed by atoms with Crippen LogP contribution < -0.4 is 5.14 Å². The van der Waals surface area contributed by atoms with Crippen LogP contribution in [0.1, 0.15) is 10.4 Å². The average molecular weight is 185 g/mol. The van der Waals surface area contributed by atoms with Crippen molar-refractivity contribution in [3.8, 4) is 0 Å². The molecule has 1 atom stereocenters. The van der Waals surface area contributed by atoms with Crippen molar-refractivity contribution >= 4 is 17.0 Å². The summed E-state index contributed by atoms with van der Waals surface area (Å²) in [4.78, 5) is 10.8. The summed E-state index contributed by atoms with van der Waals surface area (Å²) in [7, 11) is -1.54. The second kappa shape index (κ2) is 3.46. The van der Waals surface area contributed by atoms with Gasteiger partial charge in [-0.2, -0.15) is 0 Å². The summed E-state index contributed by atoms with van der Waals surface area (Å²) in [5.74, 6) is -1.01. The number of carboxylic acids is 1. The van der Waals surface area contributed by atoms with Gasteiger partial charge in [-0.1, -0.05) is 0 Å². The van der Waals surface area contributed by atoms with Gasteiger partial charge in [0, 0.05) is 0 Å². The van der Waals surface area contributed by atoms with Crippen molar-refractivity contribution in [1.82, 2.24) is 0 Å². The Bertz CT molecular complexity index is 287. The third-order valence-corrected chi connectivity index (χ3v) is 2.07. The minimum atomic E-state index is -1.54. The number of rotatable bonds is 2. The van der Waals surface area contributed by atoms with Crippen molar-refractivity contribution in [3.63, 3.8) is 0 Å². The molecule has 0 heterocycles. The lowest BCUT2D eigenvalue weighted by atomic mass is 10.2. The van der Waals surface area contributed by atoms with E-state index in [1.807, 2.05) is 0 Å². The van der Waals surface area contributed by atoms with Gasteiger partial charge < -0.3 is 5.11 Å². The molecule has 0 aromatic heterocycles. The van der Waals surface area contributed by atoms with Crippen LogP contribution >= 0.6 is 0 Å². The van der Waals surface area contributed by atoms with Crippen LogP contribution in [0, 0.1) is 0 Å². The Kier molecular flexibility index (Phi) is 2.57. The Morgan fingerprint density at radius 2 is 1.83 bits per heavy atom. The second-order valence-corrected chi connectivity index (χ2v) is 3.19. The minimum Gasteiger partial charge on any atom is -0.478 e. The Hall–Kier alpha value is -1.20. The molecule has 1 unspecified atom stereocenters. The van der Waals surface area contributed by atoms with Gasteiger partial charge in [0.2, 0.25) is 0 Å². The van der Waals surface area contributed by atoms with Crippen LogP contribution in [0.4, 0.5) is 0 Å². The van der Waals surface area contributed by atoms with Crippen molar-refractivity contribution in [2.24, 2.45) is 5.14 Å². The summed E-state index contributed by atoms with van der Waals surface area (Å²) < 4.78 is 10.7. The van der Waals surface area contributed by atoms with E-state index in [-0.39, 0.29) is 5.56 Å². The van der Waals surface area contributed by atoms with Crippen LogP contribution in [-0.4, -0.2) is 15.3 Å². The molecule has 0 saturated carbocycles. The molecule has 0 bridgehead atoms. The summed E-state index contributed by atoms with van der Waals surface area (Å²) in [5, 5.41) is 13.6. The normalized spacial score (nSPS) is 12.4. The molecule has 5 heteroatoms. The molecule has 1 aromatic carbocycles. The highest BCUT2D eigenvalue weighted by Crippen LogP contribution is 2.05. The molecule has 0 spiro atoms. The monoisotopic (exact) mass is 185 g/mol. The maximum absolute atomic E-state index is 10.7. The van der Waals surface area contributed by atoms with Gasteiger partial charge >= 0.3 is 5.97 Å². The molecule has 1 aromatic rings. The fraction of sp³-hybridized carbons (Fsp3) is 0. The van der Waals surface area contributed by atoms with Gasteiger partial charge in [-0.05, 0) is 24.3 Å². The van der Waals surface area contributed by atoms with Crippen LogP contribution in [0.15, 0.2) is 29.2 Å². The molecule has 12 heavy (non-hydrogen) atoms. The third kappa shape index (κ3) is 1.90. The summed E-state index contributed by atoms with van der Waals surface area (Å²) >= 11 is 0. The Labute approximate surface area is 71.6 Å². The first-order chi connectivity index (χ1) is 5.61. The zero-order valence-electron chi connectivity index (χ0n) is 6.06. The summed E-state index contributed by atoms with van der Waals surface area (Å²) in [5.41, 5.74) is 0.157. The lowest BCUT2D eigenvalue weighted by Crippen LogP contribution is -2.03. The molecule has 0 radical (unpaired) electrons. The fourth-order valence-corrected chi connectivity index (χ4v) is 1.14. The second-order valence-electron chi connectivity index (χ2n) is 2.13. The molecule has 0 aliphatic carbocycles. The Balaban J connectivity index is 3.01. The molecule has 0 aliphatic rings. The van der Waals surface area contributed by atoms with E-state index >= 15 is 0 Å². The maximum atomic E-state index is 10.7. The van der Waals surface area contributed by atoms with Gasteiger partial charge in [0.15, 0.2) is 0 Å². The maximum Gasteiger partial charge on any atom is 0.335 e. The molecule has 0 amide bonds. The molecule has 64 valence electrons. The number of hydrogen-bond donors (Lipinski definition) is 2. The van der Waals surface area contributed by atoms with Crippen molar-refractivity contribution in [2.75, 3.05) is 0 Å². The van der Waals surface area contributed by atoms with Crippen LogP contribution in [0.2, 0.25) is 0 Å². The van der Waals surface area contributed by atoms with E-state index in [4.69, 9.17) is 10.2 Å². The number of nitrogens with two attached hydrogens (primary N) is 1. The largest absolute Gasteiger partial charge is 0.478 e. The van der Waals surface area contributed by atoms with E-state index in [2.05, 4.69) is 0 Å². The van der Waals surface area contributed by atoms with Gasteiger partial charge in [0.25, 0.3) is 0 Å². The first-order valence-electron chi connectivity index (χ1n) is 3.11. The predicted molar refractivity (Wildman–Crippen MR) is 44.0 cm³/mol. The van der Waals surface area contributed by atoms with E-state index in [1.54, 1.807) is 0 Å². The van der Waals surface area contributed by atoms with Crippen molar-refractivity contribution in [1.29, 1.82) is 0 Å². The smallest absolute Gasteiger partial charge is 0.335 e. The summed E-state index contributed by atoms with van der Waals surface area (Å²) in [6.07, 6.45) is 0. The molecular weight excluding hydrogens is 178 g/mol. The SMILES string of the molecule is NS(=O)c1ccc(C(=O)O)cc1. The van der Waals surface area contributed by atoms with Crippen molar-refractivity contribution in [3.05, 3.63) is 29.8 Å². The zero-order chi connectivity index (χ0) is 9.14. The van der Waals surface area contributed by atoms with Crippen LogP contribution in [0.5, 0.6) is 0 Å². The number of carboxylic acid groups (broad SMARTS) is 1. The van der Waals surface area contributed by atoms with Crippen LogP contribution in [0.3, 0.4) is 0 Å². The lowest BCUT2D eigenvalue weighted by Gasteiger charge is -1.96. The highest BCUT2D eigenvalue weighted by molar-refractivity contribution is 7.82. The summed E-state index contributed by atoms with van der Waals surface area (Å²) in [6, 6.07) is 5.59. The average Bonchev–Trinajstić information content (AvgIpc) is 2.04. The van der Waals surface area contributed by atoms with Crippen molar-refractivity contribution in [2.45, 2.75) is 4.90 Å². The number of aromatic carboxylic acids is 1. The number of hydrogen-bond acceptors (Lipinski definition) is 2. The molecule has 0 aliphatic heterocycles. The highest BCUT2D eigenvalue weighted by Gasteiger charge is 2.02. The minimum absolute atomic E-state index is 0.157. The van der Waals surface area contributed by atoms with E-state index in [1.165, 1.54) is 24.3 Å². The molecule has 3 N–H and O–H groups in total. The topological polar surface area (TPSA) is 80.4 Å². The van der Waals surface area contributed by atoms with Crippen LogP contribution in [0.25, 0.3) is 0 Å². The third-order valence-electron chi connectivity index (χ3n) is 1.33. The van der Waals surface area contributed by atoms with Crippen LogP contribution in [-0.2, 0) is 11.0 Å². The quantitative estimate of drug-likeness (QED) is 0.698. The molecular formula is C7H7NO3S.